The van der Waals surface area contributed by atoms with Gasteiger partial charge in [0, 0.05) is 6.54 Å². The maximum atomic E-state index is 12.2. The Morgan fingerprint density at radius 3 is 2.25 bits per heavy atom. The van der Waals surface area contributed by atoms with E-state index in [1.54, 1.807) is 6.08 Å². The zero-order valence-electron chi connectivity index (χ0n) is 14.3. The van der Waals surface area contributed by atoms with Crippen LogP contribution in [0.1, 0.15) is 37.5 Å². The van der Waals surface area contributed by atoms with E-state index in [2.05, 4.69) is 26.1 Å². The van der Waals surface area contributed by atoms with Gasteiger partial charge >= 0.3 is 0 Å². The fourth-order valence-corrected chi connectivity index (χ4v) is 2.27. The van der Waals surface area contributed by atoms with Crippen molar-refractivity contribution in [3.63, 3.8) is 0 Å². The number of nitrogens with one attached hydrogen (secondary N) is 1. The third-order valence-corrected chi connectivity index (χ3v) is 3.75. The van der Waals surface area contributed by atoms with E-state index in [0.29, 0.717) is 6.54 Å². The molecule has 0 aliphatic rings. The Labute approximate surface area is 143 Å². The molecule has 0 saturated heterocycles. The van der Waals surface area contributed by atoms with Crippen molar-refractivity contribution in [3.8, 4) is 6.07 Å². The molecule has 0 heterocycles. The molecule has 1 N–H and O–H groups in total. The summed E-state index contributed by atoms with van der Waals surface area (Å²) in [5, 5.41) is 12.0. The molecule has 0 fully saturated rings. The van der Waals surface area contributed by atoms with Crippen LogP contribution in [0.25, 0.3) is 6.08 Å². The second-order valence-electron chi connectivity index (χ2n) is 6.71. The van der Waals surface area contributed by atoms with Gasteiger partial charge < -0.3 is 5.32 Å². The summed E-state index contributed by atoms with van der Waals surface area (Å²) in [7, 11) is 0. The second kappa shape index (κ2) is 7.61. The minimum atomic E-state index is -0.360. The van der Waals surface area contributed by atoms with Crippen LogP contribution in [-0.2, 0) is 16.8 Å². The van der Waals surface area contributed by atoms with Crippen LogP contribution in [0.15, 0.2) is 60.2 Å². The van der Waals surface area contributed by atoms with Gasteiger partial charge in [-0.15, -0.1) is 0 Å². The van der Waals surface area contributed by atoms with Crippen LogP contribution in [0, 0.1) is 11.3 Å². The van der Waals surface area contributed by atoms with Crippen molar-refractivity contribution < 1.29 is 4.79 Å². The third-order valence-electron chi connectivity index (χ3n) is 3.75. The van der Waals surface area contributed by atoms with Crippen LogP contribution in [0.3, 0.4) is 0 Å². The molecule has 1 amide bonds. The van der Waals surface area contributed by atoms with Gasteiger partial charge in [0.05, 0.1) is 0 Å². The zero-order chi connectivity index (χ0) is 17.6. The largest absolute Gasteiger partial charge is 0.347 e. The van der Waals surface area contributed by atoms with Crippen LogP contribution in [0.2, 0.25) is 0 Å². The molecule has 0 radical (unpaired) electrons. The van der Waals surface area contributed by atoms with Gasteiger partial charge in [-0.05, 0) is 28.2 Å². The highest BCUT2D eigenvalue weighted by Crippen LogP contribution is 2.22. The molecule has 0 aliphatic carbocycles. The molecule has 3 heteroatoms. The number of hydrogen-bond acceptors (Lipinski definition) is 2. The van der Waals surface area contributed by atoms with Gasteiger partial charge in [-0.2, -0.15) is 5.26 Å². The Bertz CT molecular complexity index is 760. The normalized spacial score (nSPS) is 11.7. The van der Waals surface area contributed by atoms with Crippen molar-refractivity contribution in [1.82, 2.24) is 5.32 Å². The molecule has 2 rings (SSSR count). The number of carbonyl (C=O) groups excluding carboxylic acids is 1. The van der Waals surface area contributed by atoms with Crippen LogP contribution in [0.4, 0.5) is 0 Å². The Hall–Kier alpha value is -2.86. The minimum Gasteiger partial charge on any atom is -0.347 e. The average Bonchev–Trinajstić information content (AvgIpc) is 2.58. The summed E-state index contributed by atoms with van der Waals surface area (Å²) in [5.41, 5.74) is 3.24. The first-order chi connectivity index (χ1) is 11.4. The van der Waals surface area contributed by atoms with E-state index in [1.165, 1.54) is 5.56 Å². The SMILES string of the molecule is CC(C)(C)c1ccc(/C=C(\C#N)C(=O)NCc2ccccc2)cc1. The Balaban J connectivity index is 2.08. The zero-order valence-corrected chi connectivity index (χ0v) is 14.3. The lowest BCUT2D eigenvalue weighted by molar-refractivity contribution is -0.117. The molecule has 0 unspecified atom stereocenters. The van der Waals surface area contributed by atoms with E-state index in [-0.39, 0.29) is 16.9 Å². The first-order valence-electron chi connectivity index (χ1n) is 7.94. The van der Waals surface area contributed by atoms with Crippen molar-refractivity contribution >= 4 is 12.0 Å². The predicted molar refractivity (Wildman–Crippen MR) is 97.0 cm³/mol. The summed E-state index contributed by atoms with van der Waals surface area (Å²) in [6.45, 7) is 6.85. The van der Waals surface area contributed by atoms with Gasteiger partial charge in [-0.25, -0.2) is 0 Å². The van der Waals surface area contributed by atoms with Gasteiger partial charge in [0.15, 0.2) is 0 Å². The van der Waals surface area contributed by atoms with Crippen molar-refractivity contribution in [3.05, 3.63) is 76.9 Å². The van der Waals surface area contributed by atoms with Crippen molar-refractivity contribution in [2.75, 3.05) is 0 Å². The van der Waals surface area contributed by atoms with Crippen molar-refractivity contribution in [2.24, 2.45) is 0 Å². The molecular weight excluding hydrogens is 296 g/mol. The van der Waals surface area contributed by atoms with E-state index in [1.807, 2.05) is 60.7 Å². The summed E-state index contributed by atoms with van der Waals surface area (Å²) >= 11 is 0. The Kier molecular flexibility index (Phi) is 5.55. The number of rotatable bonds is 4. The van der Waals surface area contributed by atoms with Gasteiger partial charge in [-0.1, -0.05) is 75.4 Å². The van der Waals surface area contributed by atoms with E-state index < -0.39 is 0 Å². The van der Waals surface area contributed by atoms with E-state index in [0.717, 1.165) is 11.1 Å². The van der Waals surface area contributed by atoms with Gasteiger partial charge in [0.1, 0.15) is 11.6 Å². The predicted octanol–water partition coefficient (Wildman–Crippen LogP) is 4.21. The highest BCUT2D eigenvalue weighted by Gasteiger charge is 2.13. The Morgan fingerprint density at radius 2 is 1.71 bits per heavy atom. The number of nitriles is 1. The average molecular weight is 318 g/mol. The van der Waals surface area contributed by atoms with Crippen LogP contribution < -0.4 is 5.32 Å². The molecule has 0 aliphatic heterocycles. The first-order valence-corrected chi connectivity index (χ1v) is 7.94. The smallest absolute Gasteiger partial charge is 0.262 e. The fourth-order valence-electron chi connectivity index (χ4n) is 2.27. The first kappa shape index (κ1) is 17.5. The minimum absolute atomic E-state index is 0.0767. The molecule has 0 saturated carbocycles. The number of carbonyl (C=O) groups is 1. The monoisotopic (exact) mass is 318 g/mol. The van der Waals surface area contributed by atoms with E-state index in [9.17, 15) is 10.1 Å². The molecule has 0 spiro atoms. The van der Waals surface area contributed by atoms with Crippen LogP contribution in [-0.4, -0.2) is 5.91 Å². The van der Waals surface area contributed by atoms with Crippen molar-refractivity contribution in [2.45, 2.75) is 32.7 Å². The maximum absolute atomic E-state index is 12.2. The molecule has 24 heavy (non-hydrogen) atoms. The summed E-state index contributed by atoms with van der Waals surface area (Å²) < 4.78 is 0. The van der Waals surface area contributed by atoms with Gasteiger partial charge in [-0.3, -0.25) is 4.79 Å². The fraction of sp³-hybridized carbons (Fsp3) is 0.238. The quantitative estimate of drug-likeness (QED) is 0.678. The Morgan fingerprint density at radius 1 is 1.08 bits per heavy atom. The van der Waals surface area contributed by atoms with Crippen LogP contribution in [0.5, 0.6) is 0 Å². The number of benzene rings is 2. The molecule has 0 aromatic heterocycles. The molecule has 2 aromatic carbocycles. The summed E-state index contributed by atoms with van der Waals surface area (Å²) in [5.74, 6) is -0.360. The maximum Gasteiger partial charge on any atom is 0.262 e. The second-order valence-corrected chi connectivity index (χ2v) is 6.71. The standard InChI is InChI=1S/C21H22N2O/c1-21(2,3)19-11-9-16(10-12-19)13-18(14-22)20(24)23-15-17-7-5-4-6-8-17/h4-13H,15H2,1-3H3,(H,23,24)/b18-13+. The number of hydrogen-bond donors (Lipinski definition) is 1. The molecule has 3 nitrogen and oxygen atoms in total. The highest BCUT2D eigenvalue weighted by molar-refractivity contribution is 6.01. The third kappa shape index (κ3) is 4.82. The molecule has 122 valence electrons. The van der Waals surface area contributed by atoms with Crippen LogP contribution >= 0.6 is 0 Å². The van der Waals surface area contributed by atoms with Crippen molar-refractivity contribution in [1.29, 1.82) is 5.26 Å². The van der Waals surface area contributed by atoms with E-state index >= 15 is 0 Å². The lowest BCUT2D eigenvalue weighted by Gasteiger charge is -2.18. The molecule has 0 bridgehead atoms. The summed E-state index contributed by atoms with van der Waals surface area (Å²) in [6.07, 6.45) is 1.62. The lowest BCUT2D eigenvalue weighted by Crippen LogP contribution is -2.23. The number of amides is 1. The molecular formula is C21H22N2O. The molecule has 0 atom stereocenters. The van der Waals surface area contributed by atoms with E-state index in [4.69, 9.17) is 0 Å². The highest BCUT2D eigenvalue weighted by atomic mass is 16.1. The summed E-state index contributed by atoms with van der Waals surface area (Å²) in [4.78, 5) is 12.2. The number of nitrogens with zero attached hydrogens (tertiary/aromatic N) is 1. The topological polar surface area (TPSA) is 52.9 Å². The summed E-state index contributed by atoms with van der Waals surface area (Å²) in [6, 6.07) is 19.5. The molecule has 2 aromatic rings. The van der Waals surface area contributed by atoms with Gasteiger partial charge in [0.25, 0.3) is 5.91 Å². The van der Waals surface area contributed by atoms with Gasteiger partial charge in [0.2, 0.25) is 0 Å². The lowest BCUT2D eigenvalue weighted by atomic mass is 9.86.